The van der Waals surface area contributed by atoms with Gasteiger partial charge in [-0.3, -0.25) is 0 Å². The number of amides is 2. The third-order valence-corrected chi connectivity index (χ3v) is 4.39. The molecule has 5 nitrogen and oxygen atoms in total. The molecule has 1 aliphatic rings. The van der Waals surface area contributed by atoms with Gasteiger partial charge in [0.2, 0.25) is 0 Å². The van der Waals surface area contributed by atoms with Gasteiger partial charge < -0.3 is 5.32 Å². The zero-order valence-corrected chi connectivity index (χ0v) is 11.1. The second kappa shape index (κ2) is 5.16. The minimum atomic E-state index is -3.83. The number of hydrogen-bond acceptors (Lipinski definition) is 3. The number of urea groups is 1. The lowest BCUT2D eigenvalue weighted by Gasteiger charge is -2.26. The van der Waals surface area contributed by atoms with Gasteiger partial charge in [-0.1, -0.05) is 11.6 Å². The molecule has 1 aromatic carbocycles. The van der Waals surface area contributed by atoms with E-state index in [1.54, 1.807) is 0 Å². The summed E-state index contributed by atoms with van der Waals surface area (Å²) in [6.07, 6.45) is 2.86. The van der Waals surface area contributed by atoms with Gasteiger partial charge in [-0.2, -0.15) is 0 Å². The van der Waals surface area contributed by atoms with Crippen molar-refractivity contribution in [1.82, 2.24) is 10.0 Å². The van der Waals surface area contributed by atoms with Crippen LogP contribution in [-0.2, 0) is 10.0 Å². The van der Waals surface area contributed by atoms with Crippen LogP contribution in [0.5, 0.6) is 0 Å². The molecule has 0 atom stereocenters. The molecule has 0 aromatic heterocycles. The Hall–Kier alpha value is -1.27. The van der Waals surface area contributed by atoms with Crippen LogP contribution in [0, 0.1) is 0 Å². The average Bonchev–Trinajstić information content (AvgIpc) is 2.23. The summed E-state index contributed by atoms with van der Waals surface area (Å²) in [7, 11) is -3.83. The van der Waals surface area contributed by atoms with Crippen LogP contribution in [0.4, 0.5) is 4.79 Å². The Kier molecular flexibility index (Phi) is 3.77. The van der Waals surface area contributed by atoms with Crippen molar-refractivity contribution in [3.05, 3.63) is 29.3 Å². The highest BCUT2D eigenvalue weighted by atomic mass is 35.5. The molecule has 0 bridgehead atoms. The van der Waals surface area contributed by atoms with E-state index in [1.165, 1.54) is 24.3 Å². The van der Waals surface area contributed by atoms with Crippen LogP contribution < -0.4 is 10.0 Å². The Balaban J connectivity index is 2.02. The predicted octanol–water partition coefficient (Wildman–Crippen LogP) is 1.88. The summed E-state index contributed by atoms with van der Waals surface area (Å²) in [4.78, 5) is 11.5. The minimum absolute atomic E-state index is 0.00987. The molecule has 98 valence electrons. The van der Waals surface area contributed by atoms with Gasteiger partial charge in [0.15, 0.2) is 0 Å². The molecule has 1 aromatic rings. The Bertz CT molecular complexity index is 538. The summed E-state index contributed by atoms with van der Waals surface area (Å²) >= 11 is 5.67. The van der Waals surface area contributed by atoms with Crippen LogP contribution in [-0.4, -0.2) is 20.5 Å². The average molecular weight is 289 g/mol. The van der Waals surface area contributed by atoms with Crippen molar-refractivity contribution in [2.45, 2.75) is 30.2 Å². The summed E-state index contributed by atoms with van der Waals surface area (Å²) in [5.41, 5.74) is 0. The quantitative estimate of drug-likeness (QED) is 0.892. The molecule has 0 radical (unpaired) electrons. The molecule has 0 heterocycles. The second-order valence-corrected chi connectivity index (χ2v) is 6.28. The summed E-state index contributed by atoms with van der Waals surface area (Å²) < 4.78 is 25.6. The van der Waals surface area contributed by atoms with Crippen LogP contribution >= 0.6 is 11.6 Å². The number of sulfonamides is 1. The standard InChI is InChI=1S/C11H13ClN2O3S/c12-8-4-6-10(7-5-8)18(16,17)14-11(15)13-9-2-1-3-9/h4-7,9H,1-3H2,(H2,13,14,15). The molecule has 2 N–H and O–H groups in total. The topological polar surface area (TPSA) is 75.3 Å². The zero-order valence-electron chi connectivity index (χ0n) is 9.52. The van der Waals surface area contributed by atoms with E-state index >= 15 is 0 Å². The molecular formula is C11H13ClN2O3S. The zero-order chi connectivity index (χ0) is 13.2. The van der Waals surface area contributed by atoms with E-state index < -0.39 is 16.1 Å². The van der Waals surface area contributed by atoms with Crippen molar-refractivity contribution >= 4 is 27.7 Å². The number of halogens is 1. The summed E-state index contributed by atoms with van der Waals surface area (Å²) in [6.45, 7) is 0. The van der Waals surface area contributed by atoms with Crippen molar-refractivity contribution in [3.8, 4) is 0 Å². The van der Waals surface area contributed by atoms with E-state index in [1.807, 2.05) is 4.72 Å². The first kappa shape index (κ1) is 13.2. The van der Waals surface area contributed by atoms with Gasteiger partial charge in [-0.25, -0.2) is 17.9 Å². The molecule has 0 saturated heterocycles. The molecule has 0 unspecified atom stereocenters. The van der Waals surface area contributed by atoms with E-state index in [0.717, 1.165) is 19.3 Å². The fraction of sp³-hybridized carbons (Fsp3) is 0.364. The largest absolute Gasteiger partial charge is 0.335 e. The maximum absolute atomic E-state index is 11.8. The molecule has 2 rings (SSSR count). The van der Waals surface area contributed by atoms with Gasteiger partial charge in [0.25, 0.3) is 10.0 Å². The lowest BCUT2D eigenvalue weighted by Crippen LogP contribution is -2.46. The number of carbonyl (C=O) groups excluding carboxylic acids is 1. The van der Waals surface area contributed by atoms with Crippen molar-refractivity contribution < 1.29 is 13.2 Å². The van der Waals surface area contributed by atoms with E-state index in [0.29, 0.717) is 5.02 Å². The highest BCUT2D eigenvalue weighted by Gasteiger charge is 2.22. The molecule has 0 aliphatic heterocycles. The first-order valence-electron chi connectivity index (χ1n) is 5.56. The Morgan fingerprint density at radius 2 is 1.83 bits per heavy atom. The van der Waals surface area contributed by atoms with Gasteiger partial charge in [0.1, 0.15) is 0 Å². The molecule has 1 aliphatic carbocycles. The van der Waals surface area contributed by atoms with Crippen molar-refractivity contribution in [2.24, 2.45) is 0 Å². The minimum Gasteiger partial charge on any atom is -0.335 e. The SMILES string of the molecule is O=C(NC1CCC1)NS(=O)(=O)c1ccc(Cl)cc1. The van der Waals surface area contributed by atoms with Gasteiger partial charge in [0.05, 0.1) is 4.90 Å². The summed E-state index contributed by atoms with van der Waals surface area (Å²) in [6, 6.07) is 5.02. The van der Waals surface area contributed by atoms with Crippen molar-refractivity contribution in [2.75, 3.05) is 0 Å². The van der Waals surface area contributed by atoms with Gasteiger partial charge in [-0.05, 0) is 43.5 Å². The number of nitrogens with one attached hydrogen (secondary N) is 2. The highest BCUT2D eigenvalue weighted by molar-refractivity contribution is 7.90. The number of rotatable bonds is 3. The lowest BCUT2D eigenvalue weighted by atomic mass is 9.93. The van der Waals surface area contributed by atoms with E-state index in [-0.39, 0.29) is 10.9 Å². The second-order valence-electron chi connectivity index (χ2n) is 4.16. The van der Waals surface area contributed by atoms with Gasteiger partial charge in [0, 0.05) is 11.1 Å². The predicted molar refractivity (Wildman–Crippen MR) is 67.9 cm³/mol. The van der Waals surface area contributed by atoms with Gasteiger partial charge in [-0.15, -0.1) is 0 Å². The smallest absolute Gasteiger partial charge is 0.328 e. The van der Waals surface area contributed by atoms with Crippen LogP contribution in [0.2, 0.25) is 5.02 Å². The summed E-state index contributed by atoms with van der Waals surface area (Å²) in [5, 5.41) is 3.04. The molecular weight excluding hydrogens is 276 g/mol. The molecule has 7 heteroatoms. The lowest BCUT2D eigenvalue weighted by molar-refractivity contribution is 0.233. The van der Waals surface area contributed by atoms with E-state index in [9.17, 15) is 13.2 Å². The Labute approximate surface area is 111 Å². The first-order chi connectivity index (χ1) is 8.47. The van der Waals surface area contributed by atoms with Crippen LogP contribution in [0.1, 0.15) is 19.3 Å². The molecule has 2 amide bonds. The maximum Gasteiger partial charge on any atom is 0.328 e. The Morgan fingerprint density at radius 1 is 1.22 bits per heavy atom. The highest BCUT2D eigenvalue weighted by Crippen LogP contribution is 2.18. The van der Waals surface area contributed by atoms with Crippen LogP contribution in [0.15, 0.2) is 29.2 Å². The van der Waals surface area contributed by atoms with Crippen LogP contribution in [0.25, 0.3) is 0 Å². The van der Waals surface area contributed by atoms with Crippen molar-refractivity contribution in [1.29, 1.82) is 0 Å². The van der Waals surface area contributed by atoms with Gasteiger partial charge >= 0.3 is 6.03 Å². The van der Waals surface area contributed by atoms with Crippen molar-refractivity contribution in [3.63, 3.8) is 0 Å². The molecule has 18 heavy (non-hydrogen) atoms. The Morgan fingerprint density at radius 3 is 2.33 bits per heavy atom. The maximum atomic E-state index is 11.8. The molecule has 0 spiro atoms. The first-order valence-corrected chi connectivity index (χ1v) is 7.42. The normalized spacial score (nSPS) is 15.8. The number of benzene rings is 1. The fourth-order valence-electron chi connectivity index (χ4n) is 1.56. The third kappa shape index (κ3) is 3.14. The monoisotopic (exact) mass is 288 g/mol. The third-order valence-electron chi connectivity index (χ3n) is 2.79. The van der Waals surface area contributed by atoms with Crippen LogP contribution in [0.3, 0.4) is 0 Å². The number of carbonyl (C=O) groups is 1. The van der Waals surface area contributed by atoms with E-state index in [4.69, 9.17) is 11.6 Å². The number of hydrogen-bond donors (Lipinski definition) is 2. The summed E-state index contributed by atoms with van der Waals surface area (Å²) in [5.74, 6) is 0. The van der Waals surface area contributed by atoms with E-state index in [2.05, 4.69) is 5.32 Å². The molecule has 1 fully saturated rings. The molecule has 1 saturated carbocycles. The fourth-order valence-corrected chi connectivity index (χ4v) is 2.60.